The van der Waals surface area contributed by atoms with E-state index in [4.69, 9.17) is 0 Å². The fraction of sp³-hybridized carbons (Fsp3) is 0.412. The zero-order chi connectivity index (χ0) is 17.3. The summed E-state index contributed by atoms with van der Waals surface area (Å²) < 4.78 is 38.4. The number of fused-ring (bicyclic) bond motifs is 1. The zero-order valence-electron chi connectivity index (χ0n) is 13.2. The average molecular weight is 337 g/mol. The molecular weight excluding hydrogens is 319 g/mol. The van der Waals surface area contributed by atoms with Crippen molar-refractivity contribution >= 4 is 22.5 Å². The van der Waals surface area contributed by atoms with Gasteiger partial charge in [-0.25, -0.2) is 4.98 Å². The third kappa shape index (κ3) is 3.44. The van der Waals surface area contributed by atoms with Crippen molar-refractivity contribution in [3.05, 3.63) is 36.0 Å². The van der Waals surface area contributed by atoms with Crippen LogP contribution in [0.4, 0.5) is 19.0 Å². The Kier molecular flexibility index (Phi) is 4.34. The monoisotopic (exact) mass is 337 g/mol. The number of hydrogen-bond donors (Lipinski definition) is 1. The van der Waals surface area contributed by atoms with Crippen LogP contribution in [0.5, 0.6) is 0 Å². The number of aromatic nitrogens is 1. The van der Waals surface area contributed by atoms with E-state index in [0.717, 1.165) is 25.1 Å². The van der Waals surface area contributed by atoms with Crippen LogP contribution in [0.25, 0.3) is 10.8 Å². The van der Waals surface area contributed by atoms with Crippen molar-refractivity contribution in [1.29, 1.82) is 0 Å². The molecule has 0 aliphatic carbocycles. The van der Waals surface area contributed by atoms with Gasteiger partial charge in [0.15, 0.2) is 0 Å². The minimum absolute atomic E-state index is 0.119. The Bertz CT molecular complexity index is 760. The number of amides is 1. The predicted octanol–water partition coefficient (Wildman–Crippen LogP) is 3.53. The topological polar surface area (TPSA) is 45.2 Å². The number of likely N-dealkylation sites (tertiary alicyclic amines) is 1. The van der Waals surface area contributed by atoms with Gasteiger partial charge < -0.3 is 10.2 Å². The summed E-state index contributed by atoms with van der Waals surface area (Å²) >= 11 is 0. The van der Waals surface area contributed by atoms with Crippen LogP contribution in [-0.4, -0.2) is 35.9 Å². The van der Waals surface area contributed by atoms with E-state index in [9.17, 15) is 18.0 Å². The lowest BCUT2D eigenvalue weighted by molar-refractivity contribution is -0.137. The minimum atomic E-state index is -4.36. The largest absolute Gasteiger partial charge is 0.416 e. The number of hydrogen-bond acceptors (Lipinski definition) is 3. The molecule has 128 valence electrons. The van der Waals surface area contributed by atoms with Gasteiger partial charge in [-0.15, -0.1) is 0 Å². The number of piperidine rings is 1. The van der Waals surface area contributed by atoms with Crippen molar-refractivity contribution in [3.8, 4) is 0 Å². The van der Waals surface area contributed by atoms with Crippen molar-refractivity contribution < 1.29 is 18.0 Å². The molecule has 1 amide bonds. The molecule has 2 aromatic rings. The fourth-order valence-electron chi connectivity index (χ4n) is 2.92. The zero-order valence-corrected chi connectivity index (χ0v) is 13.2. The van der Waals surface area contributed by atoms with E-state index in [2.05, 4.69) is 10.3 Å². The molecule has 2 heterocycles. The average Bonchev–Trinajstić information content (AvgIpc) is 2.54. The maximum absolute atomic E-state index is 12.8. The second-order valence-electron chi connectivity index (χ2n) is 6.15. The number of halogens is 3. The number of nitrogens with one attached hydrogen (secondary N) is 1. The SMILES string of the molecule is CN1CCC(CNc2nccc3cc(C(F)(F)F)ccc23)CC1=O. The summed E-state index contributed by atoms with van der Waals surface area (Å²) in [5.74, 6) is 0.876. The number of carbonyl (C=O) groups excluding carboxylic acids is 1. The highest BCUT2D eigenvalue weighted by molar-refractivity contribution is 5.92. The van der Waals surface area contributed by atoms with Crippen molar-refractivity contribution in [2.75, 3.05) is 25.5 Å². The van der Waals surface area contributed by atoms with E-state index >= 15 is 0 Å². The van der Waals surface area contributed by atoms with Crippen molar-refractivity contribution in [1.82, 2.24) is 9.88 Å². The molecule has 7 heteroatoms. The molecule has 1 saturated heterocycles. The maximum atomic E-state index is 12.8. The standard InChI is InChI=1S/C17H18F3N3O/c1-23-7-5-11(8-15(23)24)10-22-16-14-3-2-13(17(18,19)20)9-12(14)4-6-21-16/h2-4,6,9,11H,5,7-8,10H2,1H3,(H,21,22). The minimum Gasteiger partial charge on any atom is -0.369 e. The second-order valence-corrected chi connectivity index (χ2v) is 6.15. The van der Waals surface area contributed by atoms with Crippen LogP contribution in [0.2, 0.25) is 0 Å². The molecule has 1 fully saturated rings. The molecule has 0 radical (unpaired) electrons. The van der Waals surface area contributed by atoms with Gasteiger partial charge >= 0.3 is 6.18 Å². The Morgan fingerprint density at radius 2 is 2.12 bits per heavy atom. The third-order valence-corrected chi connectivity index (χ3v) is 4.41. The molecular formula is C17H18F3N3O. The normalized spacial score (nSPS) is 18.9. The molecule has 1 N–H and O–H groups in total. The second kappa shape index (κ2) is 6.30. The number of carbonyl (C=O) groups is 1. The molecule has 1 unspecified atom stereocenters. The van der Waals surface area contributed by atoms with E-state index in [1.165, 1.54) is 12.3 Å². The van der Waals surface area contributed by atoms with Gasteiger partial charge in [-0.3, -0.25) is 4.79 Å². The summed E-state index contributed by atoms with van der Waals surface area (Å²) in [7, 11) is 1.79. The molecule has 1 aliphatic heterocycles. The molecule has 4 nitrogen and oxygen atoms in total. The lowest BCUT2D eigenvalue weighted by atomic mass is 9.96. The Morgan fingerprint density at radius 3 is 2.83 bits per heavy atom. The van der Waals surface area contributed by atoms with Crippen LogP contribution in [0.1, 0.15) is 18.4 Å². The molecule has 0 spiro atoms. The van der Waals surface area contributed by atoms with Crippen molar-refractivity contribution in [3.63, 3.8) is 0 Å². The maximum Gasteiger partial charge on any atom is 0.416 e. The van der Waals surface area contributed by atoms with Gasteiger partial charge in [0, 0.05) is 38.1 Å². The van der Waals surface area contributed by atoms with Gasteiger partial charge in [-0.1, -0.05) is 6.07 Å². The lowest BCUT2D eigenvalue weighted by Gasteiger charge is -2.29. The first-order valence-electron chi connectivity index (χ1n) is 7.78. The molecule has 1 aliphatic rings. The third-order valence-electron chi connectivity index (χ3n) is 4.41. The lowest BCUT2D eigenvalue weighted by Crippen LogP contribution is -2.37. The first-order valence-corrected chi connectivity index (χ1v) is 7.78. The number of nitrogens with zero attached hydrogens (tertiary/aromatic N) is 2. The summed E-state index contributed by atoms with van der Waals surface area (Å²) in [5.41, 5.74) is -0.673. The van der Waals surface area contributed by atoms with Gasteiger partial charge in [-0.2, -0.15) is 13.2 Å². The van der Waals surface area contributed by atoms with Crippen LogP contribution >= 0.6 is 0 Å². The molecule has 0 saturated carbocycles. The van der Waals surface area contributed by atoms with Crippen LogP contribution in [-0.2, 0) is 11.0 Å². The van der Waals surface area contributed by atoms with Crippen molar-refractivity contribution in [2.45, 2.75) is 19.0 Å². The molecule has 3 rings (SSSR count). The van der Waals surface area contributed by atoms with Crippen LogP contribution < -0.4 is 5.32 Å². The van der Waals surface area contributed by atoms with Gasteiger partial charge in [0.1, 0.15) is 5.82 Å². The fourth-order valence-corrected chi connectivity index (χ4v) is 2.92. The van der Waals surface area contributed by atoms with Gasteiger partial charge in [0.05, 0.1) is 5.56 Å². The van der Waals surface area contributed by atoms with Crippen LogP contribution in [0.3, 0.4) is 0 Å². The number of pyridine rings is 1. The Labute approximate surface area is 137 Å². The van der Waals surface area contributed by atoms with Gasteiger partial charge in [-0.05, 0) is 35.9 Å². The Balaban J connectivity index is 1.76. The number of benzene rings is 1. The van der Waals surface area contributed by atoms with Crippen LogP contribution in [0.15, 0.2) is 30.5 Å². The summed E-state index contributed by atoms with van der Waals surface area (Å²) in [5, 5.41) is 4.32. The highest BCUT2D eigenvalue weighted by atomic mass is 19.4. The highest BCUT2D eigenvalue weighted by Crippen LogP contribution is 2.32. The van der Waals surface area contributed by atoms with Crippen LogP contribution in [0, 0.1) is 5.92 Å². The van der Waals surface area contributed by atoms with E-state index in [1.807, 2.05) is 0 Å². The van der Waals surface area contributed by atoms with Gasteiger partial charge in [0.2, 0.25) is 5.91 Å². The Morgan fingerprint density at radius 1 is 1.33 bits per heavy atom. The summed E-state index contributed by atoms with van der Waals surface area (Å²) in [6, 6.07) is 5.19. The van der Waals surface area contributed by atoms with E-state index < -0.39 is 11.7 Å². The molecule has 1 aromatic carbocycles. The van der Waals surface area contributed by atoms with E-state index in [-0.39, 0.29) is 11.8 Å². The molecule has 1 aromatic heterocycles. The predicted molar refractivity (Wildman–Crippen MR) is 85.6 cm³/mol. The first-order chi connectivity index (χ1) is 11.3. The molecule has 24 heavy (non-hydrogen) atoms. The molecule has 0 bridgehead atoms. The molecule has 1 atom stereocenters. The quantitative estimate of drug-likeness (QED) is 0.932. The highest BCUT2D eigenvalue weighted by Gasteiger charge is 2.30. The Hall–Kier alpha value is -2.31. The number of anilines is 1. The van der Waals surface area contributed by atoms with E-state index in [0.29, 0.717) is 29.6 Å². The number of alkyl halides is 3. The summed E-state index contributed by atoms with van der Waals surface area (Å²) in [6.07, 6.45) is -1.49. The van der Waals surface area contributed by atoms with Crippen molar-refractivity contribution in [2.24, 2.45) is 5.92 Å². The number of rotatable bonds is 3. The van der Waals surface area contributed by atoms with E-state index in [1.54, 1.807) is 18.0 Å². The van der Waals surface area contributed by atoms with Gasteiger partial charge in [0.25, 0.3) is 0 Å². The smallest absolute Gasteiger partial charge is 0.369 e. The summed E-state index contributed by atoms with van der Waals surface area (Å²) in [4.78, 5) is 17.7. The summed E-state index contributed by atoms with van der Waals surface area (Å²) in [6.45, 7) is 1.30. The first kappa shape index (κ1) is 16.5.